The number of halogens is 1. The minimum atomic E-state index is -0.900. The molecule has 1 N–H and O–H groups in total. The van der Waals surface area contributed by atoms with Crippen LogP contribution >= 0.6 is 11.6 Å². The number of carbonyl (C=O) groups excluding carboxylic acids is 1. The first-order valence-corrected chi connectivity index (χ1v) is 7.77. The van der Waals surface area contributed by atoms with Gasteiger partial charge in [-0.15, -0.1) is 0 Å². The van der Waals surface area contributed by atoms with Crippen LogP contribution in [0.25, 0.3) is 0 Å². The Hall–Kier alpha value is -0.910. The summed E-state index contributed by atoms with van der Waals surface area (Å²) in [6, 6.07) is 7.43. The number of amides is 1. The molecule has 0 spiro atoms. The number of rotatable bonds is 4. The van der Waals surface area contributed by atoms with Crippen LogP contribution in [0.2, 0.25) is 5.02 Å². The predicted octanol–water partition coefficient (Wildman–Crippen LogP) is 1.15. The first-order chi connectivity index (χ1) is 8.58. The van der Waals surface area contributed by atoms with E-state index in [2.05, 4.69) is 5.32 Å². The molecule has 4 nitrogen and oxygen atoms in total. The summed E-state index contributed by atoms with van der Waals surface area (Å²) in [5.41, 5.74) is 0.954. The van der Waals surface area contributed by atoms with Crippen LogP contribution in [0.1, 0.15) is 11.7 Å². The summed E-state index contributed by atoms with van der Waals surface area (Å²) in [6.07, 6.45) is 1.47. The molecule has 0 bridgehead atoms. The zero-order chi connectivity index (χ0) is 13.1. The minimum absolute atomic E-state index is 0.0328. The van der Waals surface area contributed by atoms with Gasteiger partial charge in [-0.25, -0.2) is 0 Å². The van der Waals surface area contributed by atoms with Crippen molar-refractivity contribution in [1.82, 2.24) is 10.2 Å². The Morgan fingerprint density at radius 1 is 1.56 bits per heavy atom. The summed E-state index contributed by atoms with van der Waals surface area (Å²) in [4.78, 5) is 13.5. The van der Waals surface area contributed by atoms with Crippen LogP contribution in [0.5, 0.6) is 0 Å². The maximum atomic E-state index is 11.8. The lowest BCUT2D eigenvalue weighted by Crippen LogP contribution is -2.33. The van der Waals surface area contributed by atoms with Crippen molar-refractivity contribution in [2.75, 3.05) is 25.1 Å². The molecule has 6 heteroatoms. The van der Waals surface area contributed by atoms with Crippen molar-refractivity contribution >= 4 is 28.3 Å². The molecule has 1 heterocycles. The summed E-state index contributed by atoms with van der Waals surface area (Å²) >= 11 is 5.96. The van der Waals surface area contributed by atoms with Crippen molar-refractivity contribution in [2.24, 2.45) is 0 Å². The van der Waals surface area contributed by atoms with Gasteiger partial charge in [0.2, 0.25) is 5.91 Å². The molecule has 0 saturated carbocycles. The molecule has 1 fully saturated rings. The van der Waals surface area contributed by atoms with Crippen molar-refractivity contribution in [1.29, 1.82) is 0 Å². The predicted molar refractivity (Wildman–Crippen MR) is 72.8 cm³/mol. The van der Waals surface area contributed by atoms with Crippen molar-refractivity contribution in [3.8, 4) is 0 Å². The topological polar surface area (TPSA) is 49.4 Å². The van der Waals surface area contributed by atoms with Crippen molar-refractivity contribution in [2.45, 2.75) is 6.17 Å². The Bertz CT molecular complexity index is 481. The third-order valence-electron chi connectivity index (χ3n) is 2.86. The van der Waals surface area contributed by atoms with E-state index in [1.807, 2.05) is 18.2 Å². The average Bonchev–Trinajstić information content (AvgIpc) is 2.68. The summed E-state index contributed by atoms with van der Waals surface area (Å²) < 4.78 is 11.1. The highest BCUT2D eigenvalue weighted by Crippen LogP contribution is 2.24. The highest BCUT2D eigenvalue weighted by Gasteiger charge is 2.31. The van der Waals surface area contributed by atoms with Crippen LogP contribution in [-0.2, 0) is 15.6 Å². The number of carbonyl (C=O) groups is 1. The van der Waals surface area contributed by atoms with Crippen molar-refractivity contribution < 1.29 is 9.00 Å². The second-order valence-corrected chi connectivity index (χ2v) is 6.19. The Morgan fingerprint density at radius 2 is 2.33 bits per heavy atom. The molecular weight excluding hydrogens is 272 g/mol. The Kier molecular flexibility index (Phi) is 4.37. The molecule has 18 heavy (non-hydrogen) atoms. The van der Waals surface area contributed by atoms with Crippen LogP contribution in [0.15, 0.2) is 24.3 Å². The lowest BCUT2D eigenvalue weighted by Gasteiger charge is -2.24. The van der Waals surface area contributed by atoms with Gasteiger partial charge < -0.3 is 4.90 Å². The third-order valence-corrected chi connectivity index (χ3v) is 3.86. The number of benzene rings is 1. The minimum Gasteiger partial charge on any atom is -0.321 e. The first-order valence-electron chi connectivity index (χ1n) is 5.66. The van der Waals surface area contributed by atoms with Gasteiger partial charge in [-0.05, 0) is 17.7 Å². The molecule has 2 atom stereocenters. The number of nitrogens with zero attached hydrogens (tertiary/aromatic N) is 1. The fourth-order valence-corrected chi connectivity index (χ4v) is 2.65. The van der Waals surface area contributed by atoms with Crippen LogP contribution in [0.4, 0.5) is 0 Å². The highest BCUT2D eigenvalue weighted by molar-refractivity contribution is 7.84. The van der Waals surface area contributed by atoms with Crippen LogP contribution in [0, 0.1) is 0 Å². The maximum absolute atomic E-state index is 11.8. The molecule has 98 valence electrons. The van der Waals surface area contributed by atoms with Gasteiger partial charge in [0.15, 0.2) is 0 Å². The standard InChI is InChI=1S/C12H15ClN2O2S/c1-18(17)6-5-15-11(16)8-14-12(15)9-3-2-4-10(13)7-9/h2-4,7,12,14H,5-6,8H2,1H3. The number of nitrogens with one attached hydrogen (secondary N) is 1. The highest BCUT2D eigenvalue weighted by atomic mass is 35.5. The Labute approximate surface area is 114 Å². The molecule has 1 amide bonds. The molecule has 2 unspecified atom stereocenters. The Morgan fingerprint density at radius 3 is 3.00 bits per heavy atom. The van der Waals surface area contributed by atoms with Crippen molar-refractivity contribution in [3.05, 3.63) is 34.9 Å². The molecule has 1 aromatic carbocycles. The summed E-state index contributed by atoms with van der Waals surface area (Å²) in [5.74, 6) is 0.523. The van der Waals surface area contributed by atoms with Gasteiger partial charge >= 0.3 is 0 Å². The Balaban J connectivity index is 2.15. The summed E-state index contributed by atoms with van der Waals surface area (Å²) in [6.45, 7) is 0.805. The third kappa shape index (κ3) is 3.10. The molecular formula is C12H15ClN2O2S. The molecule has 1 aliphatic rings. The van der Waals surface area contributed by atoms with E-state index >= 15 is 0 Å². The van der Waals surface area contributed by atoms with E-state index in [-0.39, 0.29) is 12.1 Å². The fraction of sp³-hybridized carbons (Fsp3) is 0.417. The molecule has 2 rings (SSSR count). The van der Waals surface area contributed by atoms with E-state index in [0.717, 1.165) is 5.56 Å². The van der Waals surface area contributed by atoms with Gasteiger partial charge in [-0.3, -0.25) is 14.3 Å². The molecule has 0 radical (unpaired) electrons. The number of hydrogen-bond acceptors (Lipinski definition) is 3. The van der Waals surface area contributed by atoms with Crippen LogP contribution < -0.4 is 5.32 Å². The van der Waals surface area contributed by atoms with Gasteiger partial charge in [0.05, 0.1) is 6.54 Å². The molecule has 1 aromatic rings. The molecule has 1 aliphatic heterocycles. The lowest BCUT2D eigenvalue weighted by atomic mass is 10.1. The zero-order valence-corrected chi connectivity index (χ0v) is 11.6. The second kappa shape index (κ2) is 5.82. The second-order valence-electron chi connectivity index (χ2n) is 4.20. The van der Waals surface area contributed by atoms with Crippen LogP contribution in [-0.4, -0.2) is 40.1 Å². The van der Waals surface area contributed by atoms with Gasteiger partial charge in [0.25, 0.3) is 0 Å². The average molecular weight is 287 g/mol. The normalized spacial score (nSPS) is 21.3. The van der Waals surface area contributed by atoms with Gasteiger partial charge in [0, 0.05) is 34.4 Å². The van der Waals surface area contributed by atoms with Gasteiger partial charge in [0.1, 0.15) is 6.17 Å². The SMILES string of the molecule is CS(=O)CCN1C(=O)CNC1c1cccc(Cl)c1. The van der Waals surface area contributed by atoms with Crippen LogP contribution in [0.3, 0.4) is 0 Å². The van der Waals surface area contributed by atoms with E-state index in [4.69, 9.17) is 11.6 Å². The van der Waals surface area contributed by atoms with E-state index in [1.54, 1.807) is 17.2 Å². The summed E-state index contributed by atoms with van der Waals surface area (Å²) in [7, 11) is -0.900. The van der Waals surface area contributed by atoms with Crippen molar-refractivity contribution in [3.63, 3.8) is 0 Å². The monoisotopic (exact) mass is 286 g/mol. The first kappa shape index (κ1) is 13.5. The maximum Gasteiger partial charge on any atom is 0.238 e. The molecule has 0 aromatic heterocycles. The summed E-state index contributed by atoms with van der Waals surface area (Å²) in [5, 5.41) is 3.79. The quantitative estimate of drug-likeness (QED) is 0.903. The zero-order valence-electron chi connectivity index (χ0n) is 10.1. The van der Waals surface area contributed by atoms with Gasteiger partial charge in [-0.2, -0.15) is 0 Å². The number of hydrogen-bond donors (Lipinski definition) is 1. The smallest absolute Gasteiger partial charge is 0.238 e. The molecule has 0 aliphatic carbocycles. The largest absolute Gasteiger partial charge is 0.321 e. The van der Waals surface area contributed by atoms with E-state index in [9.17, 15) is 9.00 Å². The lowest BCUT2D eigenvalue weighted by molar-refractivity contribution is -0.127. The van der Waals surface area contributed by atoms with E-state index < -0.39 is 10.8 Å². The molecule has 1 saturated heterocycles. The van der Waals surface area contributed by atoms with E-state index in [1.165, 1.54) is 0 Å². The van der Waals surface area contributed by atoms with E-state index in [0.29, 0.717) is 23.9 Å². The van der Waals surface area contributed by atoms with Gasteiger partial charge in [-0.1, -0.05) is 23.7 Å². The fourth-order valence-electron chi connectivity index (χ4n) is 1.99.